The monoisotopic (exact) mass is 235 g/mol. The van der Waals surface area contributed by atoms with Crippen molar-refractivity contribution in [3.05, 3.63) is 6.33 Å². The third kappa shape index (κ3) is 5.43. The van der Waals surface area contributed by atoms with Gasteiger partial charge in [-0.2, -0.15) is 0 Å². The predicted molar refractivity (Wildman–Crippen MR) is 40.8 cm³/mol. The SMILES string of the molecule is Cn1cnnc1SC[B-](F)(F)F.[K+]. The van der Waals surface area contributed by atoms with Crippen molar-refractivity contribution in [3.63, 3.8) is 0 Å². The molecule has 1 rings (SSSR count). The van der Waals surface area contributed by atoms with Gasteiger partial charge >= 0.3 is 58.4 Å². The molecule has 1 aromatic rings. The average molecular weight is 235 g/mol. The molecule has 0 spiro atoms. The number of hydrogen-bond acceptors (Lipinski definition) is 3. The Morgan fingerprint density at radius 2 is 2.15 bits per heavy atom. The van der Waals surface area contributed by atoms with E-state index in [0.29, 0.717) is 11.8 Å². The van der Waals surface area contributed by atoms with E-state index in [0.717, 1.165) is 0 Å². The number of hydrogen-bond donors (Lipinski definition) is 0. The van der Waals surface area contributed by atoms with Gasteiger partial charge in [-0.1, -0.05) is 0 Å². The van der Waals surface area contributed by atoms with E-state index in [2.05, 4.69) is 10.2 Å². The normalized spacial score (nSPS) is 11.1. The van der Waals surface area contributed by atoms with E-state index in [1.165, 1.54) is 10.9 Å². The van der Waals surface area contributed by atoms with E-state index in [9.17, 15) is 12.9 Å². The molecule has 0 N–H and O–H groups in total. The molecule has 0 saturated carbocycles. The topological polar surface area (TPSA) is 30.7 Å². The molecule has 0 amide bonds. The quantitative estimate of drug-likeness (QED) is 0.462. The van der Waals surface area contributed by atoms with E-state index >= 15 is 0 Å². The number of thioether (sulfide) groups is 1. The van der Waals surface area contributed by atoms with Crippen LogP contribution in [0.15, 0.2) is 11.5 Å². The van der Waals surface area contributed by atoms with Crippen LogP contribution in [-0.2, 0) is 7.05 Å². The molecule has 0 radical (unpaired) electrons. The molecule has 68 valence electrons. The minimum atomic E-state index is -4.74. The third-order valence-electron chi connectivity index (χ3n) is 1.07. The fourth-order valence-electron chi connectivity index (χ4n) is 0.572. The Balaban J connectivity index is 0.00000144. The molecule has 9 heteroatoms. The van der Waals surface area contributed by atoms with E-state index in [1.807, 2.05) is 0 Å². The molecule has 0 atom stereocenters. The first kappa shape index (κ1) is 14.0. The molecular weight excluding hydrogens is 229 g/mol. The Kier molecular flexibility index (Phi) is 6.20. The van der Waals surface area contributed by atoms with Crippen LogP contribution in [0.5, 0.6) is 0 Å². The first-order valence-electron chi connectivity index (χ1n) is 3.17. The van der Waals surface area contributed by atoms with Gasteiger partial charge in [0, 0.05) is 7.05 Å². The molecule has 0 aliphatic heterocycles. The molecule has 0 saturated heterocycles. The minimum absolute atomic E-state index is 0. The summed E-state index contributed by atoms with van der Waals surface area (Å²) in [5.41, 5.74) is -0.869. The molecule has 0 aliphatic rings. The van der Waals surface area contributed by atoms with Gasteiger partial charge in [0.05, 0.1) is 0 Å². The summed E-state index contributed by atoms with van der Waals surface area (Å²) >= 11 is 0.653. The van der Waals surface area contributed by atoms with Crippen LogP contribution < -0.4 is 51.4 Å². The average Bonchev–Trinajstić information content (AvgIpc) is 2.29. The number of nitrogens with zero attached hydrogens (tertiary/aromatic N) is 3. The fraction of sp³-hybridized carbons (Fsp3) is 0.500. The second-order valence-electron chi connectivity index (χ2n) is 2.25. The summed E-state index contributed by atoms with van der Waals surface area (Å²) in [5.74, 6) is 0. The van der Waals surface area contributed by atoms with Crippen LogP contribution in [0.2, 0.25) is 0 Å². The third-order valence-corrected chi connectivity index (χ3v) is 2.24. The zero-order chi connectivity index (χ0) is 9.19. The van der Waals surface area contributed by atoms with Crippen molar-refractivity contribution in [1.82, 2.24) is 14.8 Å². The summed E-state index contributed by atoms with van der Waals surface area (Å²) in [4.78, 5) is 0. The molecule has 0 fully saturated rings. The number of rotatable bonds is 3. The van der Waals surface area contributed by atoms with Gasteiger partial charge < -0.3 is 17.5 Å². The Labute approximate surface area is 120 Å². The maximum absolute atomic E-state index is 11.8. The first-order valence-corrected chi connectivity index (χ1v) is 4.15. The molecule has 13 heavy (non-hydrogen) atoms. The van der Waals surface area contributed by atoms with E-state index in [-0.39, 0.29) is 56.5 Å². The summed E-state index contributed by atoms with van der Waals surface area (Å²) in [6.07, 6.45) is 1.37. The van der Waals surface area contributed by atoms with Crippen LogP contribution in [0.3, 0.4) is 0 Å². The van der Waals surface area contributed by atoms with Crippen LogP contribution in [0.25, 0.3) is 0 Å². The maximum Gasteiger partial charge on any atom is 1.00 e. The van der Waals surface area contributed by atoms with Crippen molar-refractivity contribution < 1.29 is 64.3 Å². The zero-order valence-corrected chi connectivity index (χ0v) is 11.2. The number of halogens is 3. The summed E-state index contributed by atoms with van der Waals surface area (Å²) in [7, 11) is 1.60. The van der Waals surface area contributed by atoms with Crippen molar-refractivity contribution in [3.8, 4) is 0 Å². The molecule has 0 aliphatic carbocycles. The Bertz CT molecular complexity index is 265. The maximum atomic E-state index is 11.8. The van der Waals surface area contributed by atoms with Gasteiger partial charge in [0.15, 0.2) is 5.16 Å². The van der Waals surface area contributed by atoms with Crippen molar-refractivity contribution in [2.75, 3.05) is 5.65 Å². The Morgan fingerprint density at radius 3 is 2.54 bits per heavy atom. The van der Waals surface area contributed by atoms with E-state index in [4.69, 9.17) is 0 Å². The van der Waals surface area contributed by atoms with E-state index in [1.54, 1.807) is 7.05 Å². The van der Waals surface area contributed by atoms with Gasteiger partial charge in [-0.15, -0.1) is 22.0 Å². The summed E-state index contributed by atoms with van der Waals surface area (Å²) in [6, 6.07) is 0. The van der Waals surface area contributed by atoms with Gasteiger partial charge in [-0.25, -0.2) is 0 Å². The van der Waals surface area contributed by atoms with Crippen molar-refractivity contribution >= 4 is 18.7 Å². The van der Waals surface area contributed by atoms with Gasteiger partial charge in [-0.05, 0) is 5.65 Å². The smallest absolute Gasteiger partial charge is 0.448 e. The Hall–Kier alpha value is 0.981. The second-order valence-corrected chi connectivity index (χ2v) is 3.23. The Morgan fingerprint density at radius 1 is 1.54 bits per heavy atom. The summed E-state index contributed by atoms with van der Waals surface area (Å²) in [6.45, 7) is -4.74. The van der Waals surface area contributed by atoms with E-state index < -0.39 is 12.6 Å². The van der Waals surface area contributed by atoms with Crippen LogP contribution in [0.4, 0.5) is 12.9 Å². The van der Waals surface area contributed by atoms with Crippen LogP contribution in [0, 0.1) is 0 Å². The molecule has 3 nitrogen and oxygen atoms in total. The minimum Gasteiger partial charge on any atom is -0.448 e. The van der Waals surface area contributed by atoms with Crippen LogP contribution >= 0.6 is 11.8 Å². The predicted octanol–water partition coefficient (Wildman–Crippen LogP) is -1.70. The molecule has 0 bridgehead atoms. The molecule has 0 unspecified atom stereocenters. The van der Waals surface area contributed by atoms with Crippen molar-refractivity contribution in [2.45, 2.75) is 5.16 Å². The molecule has 1 aromatic heterocycles. The van der Waals surface area contributed by atoms with Crippen molar-refractivity contribution in [1.29, 1.82) is 0 Å². The number of aryl methyl sites for hydroxylation is 1. The standard InChI is InChI=1S/C4H6BF3N3S.K/c1-11-3-9-10-4(11)12-2-5(6,7)8;/h3H,2H2,1H3;/q-1;+1. The van der Waals surface area contributed by atoms with Crippen molar-refractivity contribution in [2.24, 2.45) is 7.05 Å². The van der Waals surface area contributed by atoms with Gasteiger partial charge in [0.25, 0.3) is 0 Å². The van der Waals surface area contributed by atoms with Crippen LogP contribution in [-0.4, -0.2) is 27.4 Å². The number of aromatic nitrogens is 3. The summed E-state index contributed by atoms with van der Waals surface area (Å²) < 4.78 is 36.7. The molecule has 1 heterocycles. The molecular formula is C4H6BF3KN3S. The summed E-state index contributed by atoms with van der Waals surface area (Å²) in [5, 5.41) is 7.25. The largest absolute Gasteiger partial charge is 1.00 e. The van der Waals surface area contributed by atoms with Gasteiger partial charge in [-0.3, -0.25) is 0 Å². The fourth-order valence-corrected chi connectivity index (χ4v) is 1.27. The zero-order valence-electron chi connectivity index (χ0n) is 7.25. The van der Waals surface area contributed by atoms with Crippen LogP contribution in [0.1, 0.15) is 0 Å². The van der Waals surface area contributed by atoms with Gasteiger partial charge in [0.2, 0.25) is 0 Å². The molecule has 0 aromatic carbocycles. The first-order chi connectivity index (χ1) is 5.49. The second kappa shape index (κ2) is 5.76. The van der Waals surface area contributed by atoms with Gasteiger partial charge in [0.1, 0.15) is 6.33 Å².